The van der Waals surface area contributed by atoms with Crippen molar-refractivity contribution in [3.8, 4) is 0 Å². The highest BCUT2D eigenvalue weighted by molar-refractivity contribution is 7.12. The van der Waals surface area contributed by atoms with Gasteiger partial charge in [0.1, 0.15) is 0 Å². The number of piperidine rings is 1. The van der Waals surface area contributed by atoms with E-state index in [1.165, 1.54) is 11.3 Å². The van der Waals surface area contributed by atoms with Gasteiger partial charge in [-0.3, -0.25) is 9.69 Å². The van der Waals surface area contributed by atoms with Crippen molar-refractivity contribution in [3.05, 3.63) is 22.4 Å². The molecule has 0 radical (unpaired) electrons. The molecule has 0 bridgehead atoms. The molecule has 1 saturated heterocycles. The summed E-state index contributed by atoms with van der Waals surface area (Å²) in [5, 5.41) is 1.95. The molecule has 0 amide bonds. The maximum atomic E-state index is 11.9. The van der Waals surface area contributed by atoms with Gasteiger partial charge in [-0.2, -0.15) is 0 Å². The van der Waals surface area contributed by atoms with E-state index in [-0.39, 0.29) is 5.78 Å². The van der Waals surface area contributed by atoms with E-state index in [0.29, 0.717) is 12.6 Å². The molecule has 0 saturated carbocycles. The monoisotopic (exact) mass is 253 g/mol. The number of likely N-dealkylation sites (tertiary alicyclic amines) is 1. The van der Waals surface area contributed by atoms with Crippen LogP contribution in [0.15, 0.2) is 17.5 Å². The highest BCUT2D eigenvalue weighted by Crippen LogP contribution is 2.15. The third-order valence-corrected chi connectivity index (χ3v) is 4.01. The van der Waals surface area contributed by atoms with Crippen LogP contribution in [0.4, 0.5) is 0 Å². The fraction of sp³-hybridized carbons (Fsp3) is 0.615. The van der Waals surface area contributed by atoms with E-state index in [0.717, 1.165) is 37.4 Å². The SMILES string of the molecule is CCOC1CCN(CC(=O)c2cccs2)CC1. The smallest absolute Gasteiger partial charge is 0.186 e. The zero-order chi connectivity index (χ0) is 12.1. The van der Waals surface area contributed by atoms with Crippen LogP contribution in [0.3, 0.4) is 0 Å². The van der Waals surface area contributed by atoms with Gasteiger partial charge in [-0.25, -0.2) is 0 Å². The average molecular weight is 253 g/mol. The topological polar surface area (TPSA) is 29.5 Å². The summed E-state index contributed by atoms with van der Waals surface area (Å²) in [5.41, 5.74) is 0. The minimum atomic E-state index is 0.245. The zero-order valence-corrected chi connectivity index (χ0v) is 11.0. The number of hydrogen-bond donors (Lipinski definition) is 0. The molecule has 0 unspecified atom stereocenters. The summed E-state index contributed by atoms with van der Waals surface area (Å²) in [6.45, 7) is 5.33. The highest BCUT2D eigenvalue weighted by Gasteiger charge is 2.21. The molecule has 0 N–H and O–H groups in total. The van der Waals surface area contributed by atoms with Crippen LogP contribution in [0.2, 0.25) is 0 Å². The van der Waals surface area contributed by atoms with Crippen LogP contribution in [-0.4, -0.2) is 43.0 Å². The van der Waals surface area contributed by atoms with Crippen molar-refractivity contribution in [1.29, 1.82) is 0 Å². The first kappa shape index (κ1) is 12.7. The second kappa shape index (κ2) is 6.28. The third kappa shape index (κ3) is 3.63. The van der Waals surface area contributed by atoms with Crippen LogP contribution in [0, 0.1) is 0 Å². The number of ketones is 1. The molecule has 2 rings (SSSR count). The summed E-state index contributed by atoms with van der Waals surface area (Å²) in [4.78, 5) is 15.0. The Morgan fingerprint density at radius 1 is 1.53 bits per heavy atom. The van der Waals surface area contributed by atoms with Crippen molar-refractivity contribution in [2.24, 2.45) is 0 Å². The lowest BCUT2D eigenvalue weighted by Crippen LogP contribution is -2.39. The first-order valence-corrected chi connectivity index (χ1v) is 7.08. The van der Waals surface area contributed by atoms with Gasteiger partial charge in [0.25, 0.3) is 0 Å². The molecule has 1 aliphatic rings. The molecule has 0 spiro atoms. The van der Waals surface area contributed by atoms with Gasteiger partial charge in [0.2, 0.25) is 0 Å². The Morgan fingerprint density at radius 3 is 2.88 bits per heavy atom. The minimum absolute atomic E-state index is 0.245. The highest BCUT2D eigenvalue weighted by atomic mass is 32.1. The van der Waals surface area contributed by atoms with Crippen LogP contribution >= 0.6 is 11.3 Å². The number of hydrogen-bond acceptors (Lipinski definition) is 4. The molecule has 3 nitrogen and oxygen atoms in total. The summed E-state index contributed by atoms with van der Waals surface area (Å²) >= 11 is 1.53. The van der Waals surface area contributed by atoms with E-state index >= 15 is 0 Å². The van der Waals surface area contributed by atoms with Crippen molar-refractivity contribution in [2.45, 2.75) is 25.9 Å². The van der Waals surface area contributed by atoms with Crippen molar-refractivity contribution < 1.29 is 9.53 Å². The quantitative estimate of drug-likeness (QED) is 0.755. The number of carbonyl (C=O) groups is 1. The molecule has 2 heterocycles. The third-order valence-electron chi connectivity index (χ3n) is 3.10. The van der Waals surface area contributed by atoms with Gasteiger partial charge in [0.05, 0.1) is 17.5 Å². The molecule has 4 heteroatoms. The number of thiophene rings is 1. The van der Waals surface area contributed by atoms with Gasteiger partial charge in [0.15, 0.2) is 5.78 Å². The Bertz CT molecular complexity index is 342. The normalized spacial score (nSPS) is 18.4. The summed E-state index contributed by atoms with van der Waals surface area (Å²) in [6.07, 6.45) is 2.49. The van der Waals surface area contributed by atoms with Gasteiger partial charge in [-0.15, -0.1) is 11.3 Å². The minimum Gasteiger partial charge on any atom is -0.378 e. The molecule has 0 aliphatic carbocycles. The maximum absolute atomic E-state index is 11.9. The summed E-state index contributed by atoms with van der Waals surface area (Å²) in [7, 11) is 0. The van der Waals surface area contributed by atoms with E-state index in [1.807, 2.05) is 24.4 Å². The van der Waals surface area contributed by atoms with Crippen LogP contribution in [0.25, 0.3) is 0 Å². The number of ether oxygens (including phenoxy) is 1. The molecule has 1 aliphatic heterocycles. The lowest BCUT2D eigenvalue weighted by Gasteiger charge is -2.31. The second-order valence-corrected chi connectivity index (χ2v) is 5.28. The molecular formula is C13H19NO2S. The average Bonchev–Trinajstić information content (AvgIpc) is 2.86. The molecule has 1 aromatic heterocycles. The van der Waals surface area contributed by atoms with Crippen LogP contribution in [0.5, 0.6) is 0 Å². The Morgan fingerprint density at radius 2 is 2.29 bits per heavy atom. The lowest BCUT2D eigenvalue weighted by molar-refractivity contribution is 0.0148. The fourth-order valence-electron chi connectivity index (χ4n) is 2.19. The zero-order valence-electron chi connectivity index (χ0n) is 10.2. The first-order chi connectivity index (χ1) is 8.29. The van der Waals surface area contributed by atoms with E-state index in [2.05, 4.69) is 4.90 Å². The van der Waals surface area contributed by atoms with Crippen molar-refractivity contribution in [3.63, 3.8) is 0 Å². The van der Waals surface area contributed by atoms with E-state index in [9.17, 15) is 4.79 Å². The van der Waals surface area contributed by atoms with Gasteiger partial charge < -0.3 is 4.74 Å². The van der Waals surface area contributed by atoms with Gasteiger partial charge in [0, 0.05) is 19.7 Å². The van der Waals surface area contributed by atoms with E-state index in [4.69, 9.17) is 4.74 Å². The van der Waals surface area contributed by atoms with E-state index < -0.39 is 0 Å². The van der Waals surface area contributed by atoms with Crippen molar-refractivity contribution in [2.75, 3.05) is 26.2 Å². The Balaban J connectivity index is 1.76. The van der Waals surface area contributed by atoms with Gasteiger partial charge in [-0.05, 0) is 31.2 Å². The summed E-state index contributed by atoms with van der Waals surface area (Å²) in [6, 6.07) is 3.83. The van der Waals surface area contributed by atoms with Crippen LogP contribution in [0.1, 0.15) is 29.4 Å². The maximum Gasteiger partial charge on any atom is 0.186 e. The number of rotatable bonds is 5. The summed E-state index contributed by atoms with van der Waals surface area (Å²) < 4.78 is 5.60. The fourth-order valence-corrected chi connectivity index (χ4v) is 2.84. The predicted octanol–water partition coefficient (Wildman–Crippen LogP) is 2.43. The van der Waals surface area contributed by atoms with Crippen molar-refractivity contribution in [1.82, 2.24) is 4.90 Å². The Kier molecular flexibility index (Phi) is 4.71. The predicted molar refractivity (Wildman–Crippen MR) is 69.7 cm³/mol. The lowest BCUT2D eigenvalue weighted by atomic mass is 10.1. The first-order valence-electron chi connectivity index (χ1n) is 6.20. The van der Waals surface area contributed by atoms with Crippen molar-refractivity contribution >= 4 is 17.1 Å². The van der Waals surface area contributed by atoms with Crippen LogP contribution in [-0.2, 0) is 4.74 Å². The van der Waals surface area contributed by atoms with Gasteiger partial charge in [-0.1, -0.05) is 6.07 Å². The number of nitrogens with zero attached hydrogens (tertiary/aromatic N) is 1. The summed E-state index contributed by atoms with van der Waals surface area (Å²) in [5.74, 6) is 0.245. The standard InChI is InChI=1S/C13H19NO2S/c1-2-16-11-5-7-14(8-6-11)10-12(15)13-4-3-9-17-13/h3-4,9,11H,2,5-8,10H2,1H3. The molecule has 94 valence electrons. The Labute approximate surface area is 106 Å². The molecule has 17 heavy (non-hydrogen) atoms. The molecular weight excluding hydrogens is 234 g/mol. The van der Waals surface area contributed by atoms with Crippen LogP contribution < -0.4 is 0 Å². The molecule has 0 atom stereocenters. The largest absolute Gasteiger partial charge is 0.378 e. The second-order valence-electron chi connectivity index (χ2n) is 4.33. The molecule has 1 fully saturated rings. The van der Waals surface area contributed by atoms with Gasteiger partial charge >= 0.3 is 0 Å². The van der Waals surface area contributed by atoms with E-state index in [1.54, 1.807) is 0 Å². The molecule has 0 aromatic carbocycles. The Hall–Kier alpha value is -0.710. The number of carbonyl (C=O) groups excluding carboxylic acids is 1. The number of Topliss-reactive ketones (excluding diaryl/α,β-unsaturated/α-hetero) is 1. The molecule has 1 aromatic rings.